The van der Waals surface area contributed by atoms with E-state index in [0.717, 1.165) is 30.0 Å². The number of aromatic nitrogens is 1. The molecule has 0 bridgehead atoms. The summed E-state index contributed by atoms with van der Waals surface area (Å²) in [6.07, 6.45) is 3.55. The Morgan fingerprint density at radius 1 is 1.29 bits per heavy atom. The van der Waals surface area contributed by atoms with Gasteiger partial charge in [0, 0.05) is 30.6 Å². The van der Waals surface area contributed by atoms with Gasteiger partial charge in [0.25, 0.3) is 5.91 Å². The highest BCUT2D eigenvalue weighted by molar-refractivity contribution is 7.09. The zero-order valence-electron chi connectivity index (χ0n) is 15.8. The first-order valence-corrected chi connectivity index (χ1v) is 10.2. The highest BCUT2D eigenvalue weighted by atomic mass is 32.1. The smallest absolute Gasteiger partial charge is 0.257 e. The Kier molecular flexibility index (Phi) is 6.39. The van der Waals surface area contributed by atoms with Crippen molar-refractivity contribution in [1.82, 2.24) is 15.2 Å². The van der Waals surface area contributed by atoms with E-state index < -0.39 is 29.1 Å². The van der Waals surface area contributed by atoms with Crippen molar-refractivity contribution in [3.8, 4) is 0 Å². The van der Waals surface area contributed by atoms with Crippen molar-refractivity contribution in [1.29, 1.82) is 0 Å². The maximum atomic E-state index is 13.9. The molecule has 0 spiro atoms. The van der Waals surface area contributed by atoms with Crippen LogP contribution in [-0.2, 0) is 4.79 Å². The highest BCUT2D eigenvalue weighted by Crippen LogP contribution is 2.29. The summed E-state index contributed by atoms with van der Waals surface area (Å²) in [7, 11) is 0. The van der Waals surface area contributed by atoms with Crippen molar-refractivity contribution in [2.45, 2.75) is 38.6 Å². The number of rotatable bonds is 5. The molecule has 1 N–H and O–H groups in total. The lowest BCUT2D eigenvalue weighted by molar-refractivity contribution is -0.135. The summed E-state index contributed by atoms with van der Waals surface area (Å²) in [4.78, 5) is 31.6. The van der Waals surface area contributed by atoms with E-state index in [1.54, 1.807) is 36.3 Å². The van der Waals surface area contributed by atoms with Gasteiger partial charge in [-0.1, -0.05) is 19.9 Å². The molecule has 1 aliphatic rings. The number of carbonyl (C=O) groups is 2. The van der Waals surface area contributed by atoms with Crippen LogP contribution in [0.15, 0.2) is 29.8 Å². The molecular formula is C20H23F2N3O2S. The number of benzene rings is 1. The van der Waals surface area contributed by atoms with Gasteiger partial charge in [-0.3, -0.25) is 9.59 Å². The number of piperidine rings is 1. The van der Waals surface area contributed by atoms with Gasteiger partial charge in [0.2, 0.25) is 5.91 Å². The maximum absolute atomic E-state index is 13.9. The molecule has 2 aromatic rings. The molecule has 28 heavy (non-hydrogen) atoms. The number of nitrogens with zero attached hydrogens (tertiary/aromatic N) is 2. The van der Waals surface area contributed by atoms with E-state index in [2.05, 4.69) is 10.3 Å². The summed E-state index contributed by atoms with van der Waals surface area (Å²) in [6, 6.07) is 2.38. The Bertz CT molecular complexity index is 822. The minimum atomic E-state index is -0.950. The van der Waals surface area contributed by atoms with E-state index >= 15 is 0 Å². The first-order valence-electron chi connectivity index (χ1n) is 9.31. The number of amides is 2. The van der Waals surface area contributed by atoms with E-state index in [1.807, 2.05) is 5.38 Å². The van der Waals surface area contributed by atoms with Crippen LogP contribution in [0.1, 0.15) is 48.0 Å². The Morgan fingerprint density at radius 3 is 2.61 bits per heavy atom. The topological polar surface area (TPSA) is 62.3 Å². The zero-order valence-corrected chi connectivity index (χ0v) is 16.6. The molecule has 2 unspecified atom stereocenters. The first kappa shape index (κ1) is 20.4. The summed E-state index contributed by atoms with van der Waals surface area (Å²) < 4.78 is 27.8. The van der Waals surface area contributed by atoms with E-state index in [4.69, 9.17) is 0 Å². The molecule has 2 atom stereocenters. The molecule has 0 radical (unpaired) electrons. The minimum Gasteiger partial charge on any atom is -0.340 e. The minimum absolute atomic E-state index is 0.172. The summed E-state index contributed by atoms with van der Waals surface area (Å²) in [5.74, 6) is -3.11. The molecule has 0 aliphatic carbocycles. The lowest BCUT2D eigenvalue weighted by Gasteiger charge is -2.35. The molecule has 2 heterocycles. The average Bonchev–Trinajstić information content (AvgIpc) is 3.20. The van der Waals surface area contributed by atoms with Crippen molar-refractivity contribution in [3.05, 3.63) is 52.0 Å². The molecule has 5 nitrogen and oxygen atoms in total. The van der Waals surface area contributed by atoms with Crippen molar-refractivity contribution in [3.63, 3.8) is 0 Å². The van der Waals surface area contributed by atoms with Crippen molar-refractivity contribution < 1.29 is 18.4 Å². The predicted octanol–water partition coefficient (Wildman–Crippen LogP) is 3.58. The van der Waals surface area contributed by atoms with Crippen molar-refractivity contribution >= 4 is 23.2 Å². The van der Waals surface area contributed by atoms with Gasteiger partial charge >= 0.3 is 0 Å². The molecule has 0 saturated carbocycles. The van der Waals surface area contributed by atoms with E-state index in [0.29, 0.717) is 13.1 Å². The van der Waals surface area contributed by atoms with Gasteiger partial charge in [0.1, 0.15) is 23.2 Å². The lowest BCUT2D eigenvalue weighted by Crippen LogP contribution is -2.53. The van der Waals surface area contributed by atoms with Gasteiger partial charge in [-0.2, -0.15) is 0 Å². The van der Waals surface area contributed by atoms with Crippen LogP contribution in [-0.4, -0.2) is 40.8 Å². The fourth-order valence-electron chi connectivity index (χ4n) is 3.45. The third-order valence-corrected chi connectivity index (χ3v) is 5.88. The largest absolute Gasteiger partial charge is 0.340 e. The number of thiazole rings is 1. The molecule has 1 fully saturated rings. The van der Waals surface area contributed by atoms with Crippen LogP contribution in [0.3, 0.4) is 0 Å². The van der Waals surface area contributed by atoms with Crippen molar-refractivity contribution in [2.75, 3.05) is 13.1 Å². The Hall–Kier alpha value is -2.35. The standard InChI is InChI=1S/C20H23F2N3O2S/c1-12(2)17(24-18(26)16-14(21)6-3-7-15(16)22)20(27)25-9-4-5-13(11-25)19-23-8-10-28-19/h3,6-8,10,12-13,17H,4-5,9,11H2,1-2H3,(H,24,26). The Labute approximate surface area is 166 Å². The van der Waals surface area contributed by atoms with Crippen LogP contribution in [0.25, 0.3) is 0 Å². The van der Waals surface area contributed by atoms with Crippen LogP contribution in [0.2, 0.25) is 0 Å². The Morgan fingerprint density at radius 2 is 2.00 bits per heavy atom. The van der Waals surface area contributed by atoms with Gasteiger partial charge in [0.15, 0.2) is 0 Å². The maximum Gasteiger partial charge on any atom is 0.257 e. The number of hydrogen-bond donors (Lipinski definition) is 1. The molecule has 1 saturated heterocycles. The van der Waals surface area contributed by atoms with Crippen LogP contribution < -0.4 is 5.32 Å². The van der Waals surface area contributed by atoms with E-state index in [1.165, 1.54) is 6.07 Å². The average molecular weight is 407 g/mol. The van der Waals surface area contributed by atoms with Crippen LogP contribution in [0, 0.1) is 17.6 Å². The monoisotopic (exact) mass is 407 g/mol. The second-order valence-corrected chi connectivity index (χ2v) is 8.21. The summed E-state index contributed by atoms with van der Waals surface area (Å²) in [5, 5.41) is 5.45. The number of likely N-dealkylation sites (tertiary alicyclic amines) is 1. The molecule has 3 rings (SSSR count). The highest BCUT2D eigenvalue weighted by Gasteiger charge is 2.33. The quantitative estimate of drug-likeness (QED) is 0.824. The van der Waals surface area contributed by atoms with Gasteiger partial charge in [0.05, 0.1) is 5.01 Å². The number of halogens is 2. The SMILES string of the molecule is CC(C)C(NC(=O)c1c(F)cccc1F)C(=O)N1CCCC(c2nccs2)C1. The molecule has 150 valence electrons. The third-order valence-electron chi connectivity index (χ3n) is 4.94. The second kappa shape index (κ2) is 8.77. The van der Waals surface area contributed by atoms with Crippen LogP contribution >= 0.6 is 11.3 Å². The molecule has 2 amide bonds. The van der Waals surface area contributed by atoms with Crippen molar-refractivity contribution in [2.24, 2.45) is 5.92 Å². The summed E-state index contributed by atoms with van der Waals surface area (Å²) in [5.41, 5.74) is -0.666. The van der Waals surface area contributed by atoms with Gasteiger partial charge in [-0.05, 0) is 30.9 Å². The number of carbonyl (C=O) groups excluding carboxylic acids is 2. The van der Waals surface area contributed by atoms with Gasteiger partial charge < -0.3 is 10.2 Å². The van der Waals surface area contributed by atoms with Crippen LogP contribution in [0.4, 0.5) is 8.78 Å². The van der Waals surface area contributed by atoms with E-state index in [9.17, 15) is 18.4 Å². The Balaban J connectivity index is 1.74. The molecular weight excluding hydrogens is 384 g/mol. The summed E-state index contributed by atoms with van der Waals surface area (Å²) in [6.45, 7) is 4.71. The molecule has 8 heteroatoms. The number of nitrogens with one attached hydrogen (secondary N) is 1. The van der Waals surface area contributed by atoms with Crippen LogP contribution in [0.5, 0.6) is 0 Å². The van der Waals surface area contributed by atoms with Gasteiger partial charge in [-0.15, -0.1) is 11.3 Å². The predicted molar refractivity (Wildman–Crippen MR) is 103 cm³/mol. The molecule has 1 aliphatic heterocycles. The fraction of sp³-hybridized carbons (Fsp3) is 0.450. The normalized spacial score (nSPS) is 18.2. The summed E-state index contributed by atoms with van der Waals surface area (Å²) >= 11 is 1.57. The number of hydrogen-bond acceptors (Lipinski definition) is 4. The molecule has 1 aromatic heterocycles. The lowest BCUT2D eigenvalue weighted by atomic mass is 9.96. The first-order chi connectivity index (χ1) is 13.4. The second-order valence-electron chi connectivity index (χ2n) is 7.29. The van der Waals surface area contributed by atoms with Gasteiger partial charge in [-0.25, -0.2) is 13.8 Å². The van der Waals surface area contributed by atoms with E-state index in [-0.39, 0.29) is 17.7 Å². The zero-order chi connectivity index (χ0) is 20.3. The molecule has 1 aromatic carbocycles. The third kappa shape index (κ3) is 4.38. The fourth-order valence-corrected chi connectivity index (χ4v) is 4.22.